The summed E-state index contributed by atoms with van der Waals surface area (Å²) in [4.78, 5) is 4.37. The predicted octanol–water partition coefficient (Wildman–Crippen LogP) is 2.96. The standard InChI is InChI=1S/C11H10BrN3O/c12-8-3-7(4-9(13)5-8)11-14-10(15-16-11)6-1-2-6/h3-6H,1-2,13H2. The molecule has 1 aromatic carbocycles. The summed E-state index contributed by atoms with van der Waals surface area (Å²) >= 11 is 3.39. The molecular weight excluding hydrogens is 270 g/mol. The molecule has 1 aliphatic carbocycles. The topological polar surface area (TPSA) is 64.9 Å². The van der Waals surface area contributed by atoms with Gasteiger partial charge in [0.05, 0.1) is 0 Å². The van der Waals surface area contributed by atoms with E-state index in [0.29, 0.717) is 17.5 Å². The third-order valence-electron chi connectivity index (χ3n) is 2.55. The number of nitrogens with two attached hydrogens (primary N) is 1. The van der Waals surface area contributed by atoms with Crippen molar-refractivity contribution in [2.24, 2.45) is 0 Å². The Hall–Kier alpha value is -1.36. The average Bonchev–Trinajstić information content (AvgIpc) is 2.95. The Bertz CT molecular complexity index is 514. The van der Waals surface area contributed by atoms with Gasteiger partial charge in [-0.3, -0.25) is 0 Å². The minimum Gasteiger partial charge on any atom is -0.399 e. The van der Waals surface area contributed by atoms with Crippen LogP contribution >= 0.6 is 15.9 Å². The van der Waals surface area contributed by atoms with Crippen LogP contribution in [0.3, 0.4) is 0 Å². The van der Waals surface area contributed by atoms with Crippen LogP contribution in [0.15, 0.2) is 27.2 Å². The Kier molecular flexibility index (Phi) is 2.21. The van der Waals surface area contributed by atoms with Crippen molar-refractivity contribution in [2.75, 3.05) is 5.73 Å². The molecule has 2 N–H and O–H groups in total. The lowest BCUT2D eigenvalue weighted by Gasteiger charge is -1.98. The number of nitrogen functional groups attached to an aromatic ring is 1. The van der Waals surface area contributed by atoms with Crippen LogP contribution in [0.4, 0.5) is 5.69 Å². The molecule has 5 heteroatoms. The summed E-state index contributed by atoms with van der Waals surface area (Å²) < 4.78 is 6.14. The highest BCUT2D eigenvalue weighted by atomic mass is 79.9. The number of hydrogen-bond acceptors (Lipinski definition) is 4. The fourth-order valence-corrected chi connectivity index (χ4v) is 2.11. The van der Waals surface area contributed by atoms with Crippen molar-refractivity contribution in [1.82, 2.24) is 10.1 Å². The molecule has 1 saturated carbocycles. The predicted molar refractivity (Wildman–Crippen MR) is 63.8 cm³/mol. The molecule has 0 atom stereocenters. The first-order valence-corrected chi connectivity index (χ1v) is 5.92. The van der Waals surface area contributed by atoms with Crippen LogP contribution in [-0.4, -0.2) is 10.1 Å². The number of rotatable bonds is 2. The molecule has 82 valence electrons. The van der Waals surface area contributed by atoms with Crippen molar-refractivity contribution in [3.8, 4) is 11.5 Å². The smallest absolute Gasteiger partial charge is 0.258 e. The molecule has 4 nitrogen and oxygen atoms in total. The highest BCUT2D eigenvalue weighted by Gasteiger charge is 2.28. The third-order valence-corrected chi connectivity index (χ3v) is 3.01. The summed E-state index contributed by atoms with van der Waals surface area (Å²) in [7, 11) is 0. The molecule has 16 heavy (non-hydrogen) atoms. The highest BCUT2D eigenvalue weighted by Crippen LogP contribution is 2.39. The number of aromatic nitrogens is 2. The van der Waals surface area contributed by atoms with Crippen LogP contribution in [0, 0.1) is 0 Å². The van der Waals surface area contributed by atoms with Gasteiger partial charge >= 0.3 is 0 Å². The minimum absolute atomic E-state index is 0.502. The number of nitrogens with zero attached hydrogens (tertiary/aromatic N) is 2. The van der Waals surface area contributed by atoms with Crippen LogP contribution in [0.2, 0.25) is 0 Å². The van der Waals surface area contributed by atoms with Crippen molar-refractivity contribution in [3.63, 3.8) is 0 Å². The number of benzene rings is 1. The Morgan fingerprint density at radius 1 is 1.31 bits per heavy atom. The molecule has 0 amide bonds. The molecule has 0 unspecified atom stereocenters. The molecule has 0 spiro atoms. The van der Waals surface area contributed by atoms with Crippen molar-refractivity contribution < 1.29 is 4.52 Å². The van der Waals surface area contributed by atoms with Gasteiger partial charge in [-0.1, -0.05) is 21.1 Å². The van der Waals surface area contributed by atoms with E-state index in [-0.39, 0.29) is 0 Å². The van der Waals surface area contributed by atoms with Crippen LogP contribution < -0.4 is 5.73 Å². The maximum absolute atomic E-state index is 5.76. The molecule has 2 aromatic rings. The van der Waals surface area contributed by atoms with Crippen LogP contribution in [0.5, 0.6) is 0 Å². The van der Waals surface area contributed by atoms with Crippen LogP contribution in [0.1, 0.15) is 24.6 Å². The fraction of sp³-hybridized carbons (Fsp3) is 0.273. The van der Waals surface area contributed by atoms with Crippen LogP contribution in [0.25, 0.3) is 11.5 Å². The summed E-state index contributed by atoms with van der Waals surface area (Å²) in [6, 6.07) is 5.58. The molecule has 1 fully saturated rings. The van der Waals surface area contributed by atoms with Gasteiger partial charge in [0.15, 0.2) is 5.82 Å². The first-order chi connectivity index (χ1) is 7.72. The van der Waals surface area contributed by atoms with E-state index in [1.807, 2.05) is 18.2 Å². The lowest BCUT2D eigenvalue weighted by atomic mass is 10.2. The normalized spacial score (nSPS) is 15.3. The monoisotopic (exact) mass is 279 g/mol. The van der Waals surface area contributed by atoms with Gasteiger partial charge in [-0.25, -0.2) is 0 Å². The summed E-state index contributed by atoms with van der Waals surface area (Å²) in [5.41, 5.74) is 7.29. The van der Waals surface area contributed by atoms with Gasteiger partial charge in [0.1, 0.15) is 0 Å². The second-order valence-corrected chi connectivity index (χ2v) is 4.92. The lowest BCUT2D eigenvalue weighted by Crippen LogP contribution is -1.87. The lowest BCUT2D eigenvalue weighted by molar-refractivity contribution is 0.422. The zero-order chi connectivity index (χ0) is 11.1. The zero-order valence-corrected chi connectivity index (χ0v) is 10.1. The SMILES string of the molecule is Nc1cc(Br)cc(-c2nc(C3CC3)no2)c1. The fourth-order valence-electron chi connectivity index (χ4n) is 1.60. The molecule has 1 aromatic heterocycles. The summed E-state index contributed by atoms with van der Waals surface area (Å²) in [6.07, 6.45) is 2.33. The van der Waals surface area contributed by atoms with Gasteiger partial charge in [-0.05, 0) is 31.0 Å². The minimum atomic E-state index is 0.502. The maximum atomic E-state index is 5.76. The van der Waals surface area contributed by atoms with E-state index in [9.17, 15) is 0 Å². The maximum Gasteiger partial charge on any atom is 0.258 e. The Labute approximate surface area is 101 Å². The van der Waals surface area contributed by atoms with E-state index in [0.717, 1.165) is 15.9 Å². The Morgan fingerprint density at radius 2 is 2.12 bits per heavy atom. The van der Waals surface area contributed by atoms with E-state index >= 15 is 0 Å². The summed E-state index contributed by atoms with van der Waals surface area (Å²) in [5, 5.41) is 3.97. The van der Waals surface area contributed by atoms with Gasteiger partial charge in [0.25, 0.3) is 5.89 Å². The third kappa shape index (κ3) is 1.82. The number of anilines is 1. The number of hydrogen-bond donors (Lipinski definition) is 1. The van der Waals surface area contributed by atoms with Crippen molar-refractivity contribution in [1.29, 1.82) is 0 Å². The molecular formula is C11H10BrN3O. The van der Waals surface area contributed by atoms with Crippen molar-refractivity contribution in [2.45, 2.75) is 18.8 Å². The van der Waals surface area contributed by atoms with Gasteiger partial charge < -0.3 is 10.3 Å². The molecule has 1 heterocycles. The van der Waals surface area contributed by atoms with E-state index in [1.54, 1.807) is 0 Å². The Balaban J connectivity index is 2.00. The van der Waals surface area contributed by atoms with Gasteiger partial charge in [-0.2, -0.15) is 4.98 Å². The van der Waals surface area contributed by atoms with Gasteiger partial charge in [-0.15, -0.1) is 0 Å². The second-order valence-electron chi connectivity index (χ2n) is 4.01. The average molecular weight is 280 g/mol. The molecule has 0 aliphatic heterocycles. The molecule has 0 radical (unpaired) electrons. The first-order valence-electron chi connectivity index (χ1n) is 5.12. The van der Waals surface area contributed by atoms with E-state index < -0.39 is 0 Å². The van der Waals surface area contributed by atoms with E-state index in [2.05, 4.69) is 26.1 Å². The van der Waals surface area contributed by atoms with Gasteiger partial charge in [0.2, 0.25) is 0 Å². The first kappa shape index (κ1) is 9.84. The Morgan fingerprint density at radius 3 is 2.81 bits per heavy atom. The van der Waals surface area contributed by atoms with Crippen molar-refractivity contribution in [3.05, 3.63) is 28.5 Å². The summed E-state index contributed by atoms with van der Waals surface area (Å²) in [5.74, 6) is 1.85. The zero-order valence-electron chi connectivity index (χ0n) is 8.48. The second kappa shape index (κ2) is 3.59. The largest absolute Gasteiger partial charge is 0.399 e. The molecule has 1 aliphatic rings. The van der Waals surface area contributed by atoms with E-state index in [1.165, 1.54) is 12.8 Å². The van der Waals surface area contributed by atoms with E-state index in [4.69, 9.17) is 10.3 Å². The molecule has 3 rings (SSSR count). The number of halogens is 1. The van der Waals surface area contributed by atoms with Gasteiger partial charge in [0, 0.05) is 21.6 Å². The summed E-state index contributed by atoms with van der Waals surface area (Å²) in [6.45, 7) is 0. The highest BCUT2D eigenvalue weighted by molar-refractivity contribution is 9.10. The van der Waals surface area contributed by atoms with Crippen molar-refractivity contribution >= 4 is 21.6 Å². The molecule has 0 bridgehead atoms. The van der Waals surface area contributed by atoms with Crippen LogP contribution in [-0.2, 0) is 0 Å². The quantitative estimate of drug-likeness (QED) is 0.859. The molecule has 0 saturated heterocycles.